The molecule has 1 fully saturated rings. The maximum absolute atomic E-state index is 13.2. The summed E-state index contributed by atoms with van der Waals surface area (Å²) in [6.45, 7) is 1.20. The van der Waals surface area contributed by atoms with Gasteiger partial charge >= 0.3 is 5.97 Å². The molecule has 1 aromatic heterocycles. The van der Waals surface area contributed by atoms with E-state index in [0.717, 1.165) is 4.88 Å². The number of benzene rings is 2. The van der Waals surface area contributed by atoms with Crippen LogP contribution >= 0.6 is 11.3 Å². The van der Waals surface area contributed by atoms with E-state index in [9.17, 15) is 18.0 Å². The van der Waals surface area contributed by atoms with Gasteiger partial charge in [0, 0.05) is 35.3 Å². The third-order valence-electron chi connectivity index (χ3n) is 5.21. The summed E-state index contributed by atoms with van der Waals surface area (Å²) in [5.74, 6) is -1.28. The molecule has 1 aliphatic rings. The molecule has 1 amide bonds. The first-order chi connectivity index (χ1) is 16.9. The normalized spacial score (nSPS) is 15.5. The van der Waals surface area contributed by atoms with Gasteiger partial charge in [0.05, 0.1) is 18.1 Å². The van der Waals surface area contributed by atoms with Gasteiger partial charge in [-0.1, -0.05) is 42.5 Å². The number of carbonyl (C=O) groups excluding carboxylic acids is 2. The van der Waals surface area contributed by atoms with Crippen molar-refractivity contribution in [1.82, 2.24) is 4.31 Å². The summed E-state index contributed by atoms with van der Waals surface area (Å²) in [6.07, 6.45) is 1.66. The number of ether oxygens (including phenoxy) is 2. The molecule has 3 aromatic rings. The highest BCUT2D eigenvalue weighted by Gasteiger charge is 2.28. The van der Waals surface area contributed by atoms with Crippen LogP contribution in [0.2, 0.25) is 0 Å². The lowest BCUT2D eigenvalue weighted by Gasteiger charge is -2.26. The van der Waals surface area contributed by atoms with Crippen molar-refractivity contribution in [2.75, 3.05) is 31.6 Å². The fourth-order valence-electron chi connectivity index (χ4n) is 3.47. The Morgan fingerprint density at radius 2 is 1.80 bits per heavy atom. The predicted octanol–water partition coefficient (Wildman–Crippen LogP) is 3.71. The van der Waals surface area contributed by atoms with Crippen LogP contribution in [0.25, 0.3) is 6.08 Å². The van der Waals surface area contributed by atoms with Gasteiger partial charge in [0.2, 0.25) is 16.1 Å². The van der Waals surface area contributed by atoms with Crippen molar-refractivity contribution in [3.8, 4) is 0 Å². The molecule has 1 atom stereocenters. The standard InChI is InChI=1S/C25H24N2O6S2/c28-23(12-11-21-9-5-17-34-21)33-24(19-6-2-1-3-7-19)25(29)26-20-8-4-10-22(18-20)35(30,31)27-13-15-32-16-14-27/h1-12,17-18,24H,13-16H2,(H,26,29)/b12-11+/t24-/m1/s1. The van der Waals surface area contributed by atoms with Gasteiger partial charge in [-0.25, -0.2) is 13.2 Å². The Morgan fingerprint density at radius 1 is 1.03 bits per heavy atom. The van der Waals surface area contributed by atoms with Crippen molar-refractivity contribution >= 4 is 45.0 Å². The lowest BCUT2D eigenvalue weighted by Crippen LogP contribution is -2.40. The van der Waals surface area contributed by atoms with Gasteiger partial charge in [-0.05, 0) is 35.7 Å². The molecule has 2 aromatic carbocycles. The molecule has 0 aliphatic carbocycles. The molecule has 0 radical (unpaired) electrons. The third-order valence-corrected chi connectivity index (χ3v) is 7.94. The summed E-state index contributed by atoms with van der Waals surface area (Å²) in [5.41, 5.74) is 0.760. The minimum absolute atomic E-state index is 0.0596. The number of nitrogens with zero attached hydrogens (tertiary/aromatic N) is 1. The van der Waals surface area contributed by atoms with Gasteiger partial charge in [-0.15, -0.1) is 11.3 Å². The number of morpholine rings is 1. The van der Waals surface area contributed by atoms with Gasteiger partial charge < -0.3 is 14.8 Å². The number of amides is 1. The van der Waals surface area contributed by atoms with Crippen molar-refractivity contribution in [3.05, 3.63) is 88.6 Å². The molecular formula is C25H24N2O6S2. The van der Waals surface area contributed by atoms with Crippen LogP contribution in [-0.4, -0.2) is 50.9 Å². The molecule has 8 nitrogen and oxygen atoms in total. The van der Waals surface area contributed by atoms with Crippen LogP contribution in [-0.2, 0) is 29.1 Å². The third kappa shape index (κ3) is 6.43. The number of nitrogens with one attached hydrogen (secondary N) is 1. The van der Waals surface area contributed by atoms with E-state index in [1.165, 1.54) is 33.9 Å². The highest BCUT2D eigenvalue weighted by atomic mass is 32.2. The van der Waals surface area contributed by atoms with Crippen molar-refractivity contribution < 1.29 is 27.5 Å². The topological polar surface area (TPSA) is 102 Å². The van der Waals surface area contributed by atoms with E-state index < -0.39 is 28.0 Å². The molecule has 1 saturated heterocycles. The van der Waals surface area contributed by atoms with Crippen molar-refractivity contribution in [1.29, 1.82) is 0 Å². The number of esters is 1. The van der Waals surface area contributed by atoms with E-state index in [0.29, 0.717) is 18.8 Å². The van der Waals surface area contributed by atoms with Crippen LogP contribution in [0.4, 0.5) is 5.69 Å². The molecular weight excluding hydrogens is 488 g/mol. The van der Waals surface area contributed by atoms with Gasteiger partial charge in [0.25, 0.3) is 5.91 Å². The molecule has 2 heterocycles. The summed E-state index contributed by atoms with van der Waals surface area (Å²) in [6, 6.07) is 18.3. The molecule has 0 bridgehead atoms. The first kappa shape index (κ1) is 24.8. The summed E-state index contributed by atoms with van der Waals surface area (Å²) >= 11 is 1.47. The van der Waals surface area contributed by atoms with E-state index in [1.54, 1.807) is 48.5 Å². The van der Waals surface area contributed by atoms with Gasteiger partial charge in [-0.2, -0.15) is 4.31 Å². The van der Waals surface area contributed by atoms with Crippen LogP contribution in [0.3, 0.4) is 0 Å². The second-order valence-electron chi connectivity index (χ2n) is 7.61. The number of rotatable bonds is 8. The van der Waals surface area contributed by atoms with Crippen LogP contribution in [0, 0.1) is 0 Å². The highest BCUT2D eigenvalue weighted by molar-refractivity contribution is 7.89. The molecule has 1 N–H and O–H groups in total. The van der Waals surface area contributed by atoms with Crippen molar-refractivity contribution in [2.24, 2.45) is 0 Å². The summed E-state index contributed by atoms with van der Waals surface area (Å²) in [7, 11) is -3.73. The zero-order valence-corrected chi connectivity index (χ0v) is 20.3. The van der Waals surface area contributed by atoms with Crippen LogP contribution in [0.5, 0.6) is 0 Å². The Kier molecular flexibility index (Phi) is 8.09. The smallest absolute Gasteiger partial charge is 0.331 e. The summed E-state index contributed by atoms with van der Waals surface area (Å²) < 4.78 is 38.0. The largest absolute Gasteiger partial charge is 0.444 e. The first-order valence-corrected chi connectivity index (χ1v) is 13.2. The maximum Gasteiger partial charge on any atom is 0.331 e. The first-order valence-electron chi connectivity index (χ1n) is 10.9. The predicted molar refractivity (Wildman–Crippen MR) is 133 cm³/mol. The van der Waals surface area contributed by atoms with Crippen LogP contribution in [0.1, 0.15) is 16.5 Å². The lowest BCUT2D eigenvalue weighted by molar-refractivity contribution is -0.149. The van der Waals surface area contributed by atoms with E-state index in [2.05, 4.69) is 5.32 Å². The fraction of sp³-hybridized carbons (Fsp3) is 0.200. The Balaban J connectivity index is 1.52. The average Bonchev–Trinajstić information content (AvgIpc) is 3.41. The van der Waals surface area contributed by atoms with E-state index in [-0.39, 0.29) is 23.7 Å². The number of hydrogen-bond acceptors (Lipinski definition) is 7. The molecule has 4 rings (SSSR count). The molecule has 1 aliphatic heterocycles. The Hall–Kier alpha value is -3.31. The second kappa shape index (κ2) is 11.4. The SMILES string of the molecule is O=C(/C=C/c1cccs1)O[C@@H](C(=O)Nc1cccc(S(=O)(=O)N2CCOCC2)c1)c1ccccc1. The number of carbonyl (C=O) groups is 2. The average molecular weight is 513 g/mol. The van der Waals surface area contributed by atoms with E-state index >= 15 is 0 Å². The van der Waals surface area contributed by atoms with Crippen LogP contribution < -0.4 is 5.32 Å². The molecule has 10 heteroatoms. The monoisotopic (exact) mass is 512 g/mol. The Bertz CT molecular complexity index is 1280. The highest BCUT2D eigenvalue weighted by Crippen LogP contribution is 2.24. The molecule has 0 saturated carbocycles. The van der Waals surface area contributed by atoms with E-state index in [1.807, 2.05) is 17.5 Å². The molecule has 182 valence electrons. The minimum Gasteiger partial charge on any atom is -0.444 e. The zero-order valence-electron chi connectivity index (χ0n) is 18.7. The quantitative estimate of drug-likeness (QED) is 0.365. The number of sulfonamides is 1. The number of anilines is 1. The fourth-order valence-corrected chi connectivity index (χ4v) is 5.54. The Labute approximate surface area is 207 Å². The number of hydrogen-bond donors (Lipinski definition) is 1. The maximum atomic E-state index is 13.2. The zero-order chi connectivity index (χ0) is 24.7. The lowest BCUT2D eigenvalue weighted by atomic mass is 10.1. The minimum atomic E-state index is -3.73. The second-order valence-corrected chi connectivity index (χ2v) is 10.5. The number of thiophene rings is 1. The van der Waals surface area contributed by atoms with E-state index in [4.69, 9.17) is 9.47 Å². The van der Waals surface area contributed by atoms with Crippen molar-refractivity contribution in [2.45, 2.75) is 11.0 Å². The summed E-state index contributed by atoms with van der Waals surface area (Å²) in [5, 5.41) is 4.57. The molecule has 0 spiro atoms. The van der Waals surface area contributed by atoms with Gasteiger partial charge in [-0.3, -0.25) is 4.79 Å². The molecule has 0 unspecified atom stereocenters. The summed E-state index contributed by atoms with van der Waals surface area (Å²) in [4.78, 5) is 26.6. The van der Waals surface area contributed by atoms with Gasteiger partial charge in [0.1, 0.15) is 0 Å². The molecule has 35 heavy (non-hydrogen) atoms. The Morgan fingerprint density at radius 3 is 2.51 bits per heavy atom. The van der Waals surface area contributed by atoms with Crippen LogP contribution in [0.15, 0.2) is 83.1 Å². The van der Waals surface area contributed by atoms with Gasteiger partial charge in [0.15, 0.2) is 0 Å². The van der Waals surface area contributed by atoms with Crippen molar-refractivity contribution in [3.63, 3.8) is 0 Å².